The van der Waals surface area contributed by atoms with Crippen LogP contribution >= 0.6 is 15.9 Å². The second kappa shape index (κ2) is 7.60. The first-order chi connectivity index (χ1) is 12.0. The van der Waals surface area contributed by atoms with Crippen molar-refractivity contribution >= 4 is 21.8 Å². The summed E-state index contributed by atoms with van der Waals surface area (Å²) in [5.41, 5.74) is 0.339. The van der Waals surface area contributed by atoms with Crippen LogP contribution in [0.4, 0.5) is 8.78 Å². The van der Waals surface area contributed by atoms with Gasteiger partial charge in [-0.15, -0.1) is 0 Å². The Bertz CT molecular complexity index is 892. The summed E-state index contributed by atoms with van der Waals surface area (Å²) in [5, 5.41) is 6.76. The van der Waals surface area contributed by atoms with Crippen LogP contribution in [0.5, 0.6) is 0 Å². The molecule has 0 saturated carbocycles. The number of rotatable bonds is 6. The molecule has 0 aliphatic heterocycles. The van der Waals surface area contributed by atoms with Gasteiger partial charge in [0.05, 0.1) is 17.2 Å². The lowest BCUT2D eigenvalue weighted by atomic mass is 10.1. The van der Waals surface area contributed by atoms with Crippen molar-refractivity contribution in [2.75, 3.05) is 6.54 Å². The molecule has 0 bridgehead atoms. The Morgan fingerprint density at radius 1 is 1.28 bits per heavy atom. The van der Waals surface area contributed by atoms with Crippen LogP contribution in [0.1, 0.15) is 21.9 Å². The summed E-state index contributed by atoms with van der Waals surface area (Å²) in [6.07, 6.45) is 3.71. The smallest absolute Gasteiger partial charge is 0.287 e. The fraction of sp³-hybridized carbons (Fsp3) is 0.176. The highest BCUT2D eigenvalue weighted by atomic mass is 79.9. The average Bonchev–Trinajstić information content (AvgIpc) is 3.19. The highest BCUT2D eigenvalue weighted by molar-refractivity contribution is 9.10. The third kappa shape index (κ3) is 4.54. The number of nitrogens with zero attached hydrogens (tertiary/aromatic N) is 2. The van der Waals surface area contributed by atoms with Gasteiger partial charge in [-0.05, 0) is 46.1 Å². The Morgan fingerprint density at radius 2 is 2.12 bits per heavy atom. The molecule has 0 spiro atoms. The first kappa shape index (κ1) is 17.3. The predicted octanol–water partition coefficient (Wildman–Crippen LogP) is 3.54. The van der Waals surface area contributed by atoms with E-state index in [9.17, 15) is 13.6 Å². The van der Waals surface area contributed by atoms with E-state index in [1.807, 2.05) is 0 Å². The summed E-state index contributed by atoms with van der Waals surface area (Å²) in [4.78, 5) is 12.1. The fourth-order valence-electron chi connectivity index (χ4n) is 2.29. The molecular formula is C17H14BrF2N3O2. The molecule has 2 aromatic heterocycles. The normalized spacial score (nSPS) is 10.8. The maximum Gasteiger partial charge on any atom is 0.287 e. The lowest BCUT2D eigenvalue weighted by Crippen LogP contribution is -2.25. The van der Waals surface area contributed by atoms with Gasteiger partial charge in [-0.1, -0.05) is 6.07 Å². The molecule has 1 aromatic carbocycles. The van der Waals surface area contributed by atoms with Crippen LogP contribution in [0.3, 0.4) is 0 Å². The van der Waals surface area contributed by atoms with Crippen LogP contribution in [0, 0.1) is 11.6 Å². The topological polar surface area (TPSA) is 60.1 Å². The zero-order chi connectivity index (χ0) is 17.8. The molecule has 5 nitrogen and oxygen atoms in total. The van der Waals surface area contributed by atoms with Gasteiger partial charge in [0.25, 0.3) is 5.91 Å². The molecule has 3 rings (SSSR count). The molecule has 0 atom stereocenters. The van der Waals surface area contributed by atoms with Gasteiger partial charge in [0.2, 0.25) is 0 Å². The molecule has 25 heavy (non-hydrogen) atoms. The summed E-state index contributed by atoms with van der Waals surface area (Å²) in [6.45, 7) is 0.614. The Labute approximate surface area is 150 Å². The highest BCUT2D eigenvalue weighted by Gasteiger charge is 2.12. The second-order valence-electron chi connectivity index (χ2n) is 5.36. The van der Waals surface area contributed by atoms with Crippen molar-refractivity contribution in [2.45, 2.75) is 13.0 Å². The minimum Gasteiger partial charge on any atom is -0.454 e. The number of carbonyl (C=O) groups is 1. The maximum atomic E-state index is 13.5. The second-order valence-corrected chi connectivity index (χ2v) is 6.28. The predicted molar refractivity (Wildman–Crippen MR) is 90.1 cm³/mol. The zero-order valence-electron chi connectivity index (χ0n) is 13.0. The lowest BCUT2D eigenvalue weighted by Gasteiger charge is -2.05. The van der Waals surface area contributed by atoms with Gasteiger partial charge in [0.1, 0.15) is 17.4 Å². The molecule has 0 fully saturated rings. The number of benzene rings is 1. The number of hydrogen-bond donors (Lipinski definition) is 1. The first-order valence-electron chi connectivity index (χ1n) is 7.50. The van der Waals surface area contributed by atoms with Crippen LogP contribution < -0.4 is 5.32 Å². The minimum absolute atomic E-state index is 0.167. The van der Waals surface area contributed by atoms with Gasteiger partial charge >= 0.3 is 0 Å². The van der Waals surface area contributed by atoms with Gasteiger partial charge in [-0.3, -0.25) is 9.48 Å². The molecule has 3 aromatic rings. The fourth-order valence-corrected chi connectivity index (χ4v) is 2.62. The Balaban J connectivity index is 1.53. The third-order valence-electron chi connectivity index (χ3n) is 3.50. The molecule has 1 N–H and O–H groups in total. The van der Waals surface area contributed by atoms with E-state index in [4.69, 9.17) is 4.42 Å². The van der Waals surface area contributed by atoms with Crippen molar-refractivity contribution in [3.63, 3.8) is 0 Å². The molecule has 0 unspecified atom stereocenters. The number of halogens is 3. The minimum atomic E-state index is -0.627. The molecule has 8 heteroatoms. The van der Waals surface area contributed by atoms with E-state index < -0.39 is 17.5 Å². The third-order valence-corrected chi connectivity index (χ3v) is 3.91. The van der Waals surface area contributed by atoms with Crippen molar-refractivity contribution in [1.82, 2.24) is 15.1 Å². The number of furan rings is 1. The van der Waals surface area contributed by atoms with Crippen LogP contribution in [-0.2, 0) is 13.0 Å². The van der Waals surface area contributed by atoms with Crippen LogP contribution in [0.2, 0.25) is 0 Å². The lowest BCUT2D eigenvalue weighted by molar-refractivity contribution is 0.0924. The van der Waals surface area contributed by atoms with Gasteiger partial charge < -0.3 is 9.73 Å². The highest BCUT2D eigenvalue weighted by Crippen LogP contribution is 2.13. The largest absolute Gasteiger partial charge is 0.454 e. The van der Waals surface area contributed by atoms with E-state index in [0.29, 0.717) is 17.9 Å². The standard InChI is InChI=1S/C17H14BrF2N3O2/c18-12-8-22-23(9-12)10-14-3-4-16(25-14)17(24)21-6-5-11-1-2-13(19)7-15(11)20/h1-4,7-9H,5-6,10H2,(H,21,24). The molecule has 0 saturated heterocycles. The molecule has 0 aliphatic rings. The number of aromatic nitrogens is 2. The summed E-state index contributed by atoms with van der Waals surface area (Å²) in [5.74, 6) is -0.890. The maximum absolute atomic E-state index is 13.5. The SMILES string of the molecule is O=C(NCCc1ccc(F)cc1F)c1ccc(Cn2cc(Br)cn2)o1. The molecule has 1 amide bonds. The first-order valence-corrected chi connectivity index (χ1v) is 8.29. The molecule has 130 valence electrons. The monoisotopic (exact) mass is 409 g/mol. The van der Waals surface area contributed by atoms with Crippen LogP contribution in [0.25, 0.3) is 0 Å². The Morgan fingerprint density at radius 3 is 2.84 bits per heavy atom. The zero-order valence-corrected chi connectivity index (χ0v) is 14.6. The number of amides is 1. The van der Waals surface area contributed by atoms with Gasteiger partial charge in [0.15, 0.2) is 5.76 Å². The number of hydrogen-bond acceptors (Lipinski definition) is 3. The summed E-state index contributed by atoms with van der Waals surface area (Å²) >= 11 is 3.31. The summed E-state index contributed by atoms with van der Waals surface area (Å²) < 4.78 is 34.4. The number of carbonyl (C=O) groups excluding carboxylic acids is 1. The van der Waals surface area contributed by atoms with E-state index >= 15 is 0 Å². The van der Waals surface area contributed by atoms with Crippen molar-refractivity contribution in [3.8, 4) is 0 Å². The van der Waals surface area contributed by atoms with Crippen molar-refractivity contribution in [2.24, 2.45) is 0 Å². The summed E-state index contributed by atoms with van der Waals surface area (Å²) in [6, 6.07) is 6.64. The summed E-state index contributed by atoms with van der Waals surface area (Å²) in [7, 11) is 0. The Hall–Kier alpha value is -2.48. The van der Waals surface area contributed by atoms with E-state index in [2.05, 4.69) is 26.3 Å². The van der Waals surface area contributed by atoms with Gasteiger partial charge in [-0.2, -0.15) is 5.10 Å². The van der Waals surface area contributed by atoms with E-state index in [-0.39, 0.29) is 18.7 Å². The van der Waals surface area contributed by atoms with Crippen molar-refractivity contribution in [1.29, 1.82) is 0 Å². The van der Waals surface area contributed by atoms with Crippen molar-refractivity contribution < 1.29 is 18.0 Å². The molecule has 0 aliphatic carbocycles. The van der Waals surface area contributed by atoms with E-state index in [0.717, 1.165) is 10.5 Å². The van der Waals surface area contributed by atoms with Gasteiger partial charge in [0, 0.05) is 18.8 Å². The van der Waals surface area contributed by atoms with E-state index in [1.54, 1.807) is 29.2 Å². The van der Waals surface area contributed by atoms with Crippen LogP contribution in [0.15, 0.2) is 51.6 Å². The average molecular weight is 410 g/mol. The van der Waals surface area contributed by atoms with Crippen molar-refractivity contribution in [3.05, 3.63) is 75.9 Å². The van der Waals surface area contributed by atoms with E-state index in [1.165, 1.54) is 12.1 Å². The van der Waals surface area contributed by atoms with Gasteiger partial charge in [-0.25, -0.2) is 8.78 Å². The number of nitrogens with one attached hydrogen (secondary N) is 1. The molecule has 0 radical (unpaired) electrons. The molecular weight excluding hydrogens is 396 g/mol. The Kier molecular flexibility index (Phi) is 5.28. The molecule has 2 heterocycles. The van der Waals surface area contributed by atoms with Crippen LogP contribution in [-0.4, -0.2) is 22.2 Å². The quantitative estimate of drug-likeness (QED) is 0.677.